The van der Waals surface area contributed by atoms with E-state index in [0.29, 0.717) is 17.9 Å². The Bertz CT molecular complexity index is 856. The molecule has 0 fully saturated rings. The number of carbonyl (C=O) groups excluding carboxylic acids is 1. The molecule has 0 atom stereocenters. The highest BCUT2D eigenvalue weighted by Gasteiger charge is 2.11. The highest BCUT2D eigenvalue weighted by Crippen LogP contribution is 2.18. The predicted octanol–water partition coefficient (Wildman–Crippen LogP) is 2.79. The second-order valence-electron chi connectivity index (χ2n) is 5.37. The number of aryl methyl sites for hydroxylation is 1. The fourth-order valence-electron chi connectivity index (χ4n) is 2.43. The molecule has 0 aliphatic rings. The van der Waals surface area contributed by atoms with Gasteiger partial charge in [-0.15, -0.1) is 0 Å². The highest BCUT2D eigenvalue weighted by atomic mass is 16.7. The number of hydroxylamine groups is 2. The number of hydrogen-bond donors (Lipinski definition) is 0. The van der Waals surface area contributed by atoms with Crippen molar-refractivity contribution >= 4 is 16.9 Å². The average molecular weight is 325 g/mol. The summed E-state index contributed by atoms with van der Waals surface area (Å²) in [6.45, 7) is 0.358. The number of imidazole rings is 1. The molecular weight excluding hydrogens is 306 g/mol. The summed E-state index contributed by atoms with van der Waals surface area (Å²) in [4.78, 5) is 21.4. The lowest BCUT2D eigenvalue weighted by Gasteiger charge is -2.13. The van der Waals surface area contributed by atoms with Gasteiger partial charge in [-0.2, -0.15) is 0 Å². The van der Waals surface area contributed by atoms with E-state index in [0.717, 1.165) is 16.9 Å². The molecule has 6 heteroatoms. The van der Waals surface area contributed by atoms with E-state index in [1.165, 1.54) is 12.2 Å². The van der Waals surface area contributed by atoms with Gasteiger partial charge in [0.25, 0.3) is 5.91 Å². The van der Waals surface area contributed by atoms with Crippen molar-refractivity contribution in [1.29, 1.82) is 0 Å². The van der Waals surface area contributed by atoms with Crippen molar-refractivity contribution < 1.29 is 14.4 Å². The van der Waals surface area contributed by atoms with Crippen molar-refractivity contribution in [2.75, 3.05) is 14.2 Å². The van der Waals surface area contributed by atoms with Crippen molar-refractivity contribution in [2.45, 2.75) is 6.61 Å². The van der Waals surface area contributed by atoms with Crippen LogP contribution in [0.4, 0.5) is 0 Å². The van der Waals surface area contributed by atoms with Gasteiger partial charge in [-0.3, -0.25) is 9.63 Å². The first-order valence-corrected chi connectivity index (χ1v) is 7.55. The average Bonchev–Trinajstić information content (AvgIpc) is 2.95. The largest absolute Gasteiger partial charge is 0.486 e. The number of benzene rings is 2. The molecule has 3 aromatic rings. The van der Waals surface area contributed by atoms with Crippen LogP contribution in [0.15, 0.2) is 48.5 Å². The predicted molar refractivity (Wildman–Crippen MR) is 90.6 cm³/mol. The summed E-state index contributed by atoms with van der Waals surface area (Å²) in [5, 5.41) is 1.18. The lowest BCUT2D eigenvalue weighted by molar-refractivity contribution is -0.0757. The molecule has 24 heavy (non-hydrogen) atoms. The summed E-state index contributed by atoms with van der Waals surface area (Å²) in [7, 11) is 4.99. The molecule has 6 nitrogen and oxygen atoms in total. The minimum absolute atomic E-state index is 0.209. The summed E-state index contributed by atoms with van der Waals surface area (Å²) in [5.41, 5.74) is 2.55. The van der Waals surface area contributed by atoms with Gasteiger partial charge in [-0.25, -0.2) is 10.0 Å². The quantitative estimate of drug-likeness (QED) is 0.677. The van der Waals surface area contributed by atoms with E-state index < -0.39 is 0 Å². The molecule has 0 radical (unpaired) electrons. The van der Waals surface area contributed by atoms with Crippen molar-refractivity contribution in [3.8, 4) is 5.75 Å². The van der Waals surface area contributed by atoms with E-state index in [-0.39, 0.29) is 5.91 Å². The number of fused-ring (bicyclic) bond motifs is 1. The van der Waals surface area contributed by atoms with Gasteiger partial charge < -0.3 is 9.30 Å². The van der Waals surface area contributed by atoms with Crippen LogP contribution in [-0.4, -0.2) is 34.7 Å². The Kier molecular flexibility index (Phi) is 4.48. The Morgan fingerprint density at radius 2 is 1.88 bits per heavy atom. The zero-order valence-electron chi connectivity index (χ0n) is 13.9. The second kappa shape index (κ2) is 6.72. The van der Waals surface area contributed by atoms with E-state index in [2.05, 4.69) is 4.98 Å². The molecule has 2 aromatic carbocycles. The van der Waals surface area contributed by atoms with Gasteiger partial charge in [0.05, 0.1) is 18.1 Å². The Morgan fingerprint density at radius 1 is 1.17 bits per heavy atom. The lowest BCUT2D eigenvalue weighted by Crippen LogP contribution is -2.25. The number of rotatable bonds is 5. The monoisotopic (exact) mass is 325 g/mol. The number of hydrogen-bond acceptors (Lipinski definition) is 4. The Hall–Kier alpha value is -2.86. The van der Waals surface area contributed by atoms with Crippen LogP contribution >= 0.6 is 0 Å². The van der Waals surface area contributed by atoms with Gasteiger partial charge >= 0.3 is 0 Å². The number of carbonyl (C=O) groups is 1. The standard InChI is InChI=1S/C18H19N3O3/c1-20-16-7-5-4-6-15(16)19-17(20)12-24-14-10-8-13(9-11-14)18(22)21(2)23-3/h4-11H,12H2,1-3H3. The fourth-order valence-corrected chi connectivity index (χ4v) is 2.43. The number of aromatic nitrogens is 2. The molecule has 0 bridgehead atoms. The molecule has 0 N–H and O–H groups in total. The summed E-state index contributed by atoms with van der Waals surface area (Å²) >= 11 is 0. The molecule has 0 unspecified atom stereocenters. The maximum absolute atomic E-state index is 12.0. The van der Waals surface area contributed by atoms with Crippen LogP contribution in [0.1, 0.15) is 16.2 Å². The SMILES string of the molecule is CON(C)C(=O)c1ccc(OCc2nc3ccccc3n2C)cc1. The summed E-state index contributed by atoms with van der Waals surface area (Å²) < 4.78 is 7.80. The second-order valence-corrected chi connectivity index (χ2v) is 5.37. The maximum atomic E-state index is 12.0. The van der Waals surface area contributed by atoms with Gasteiger partial charge in [0, 0.05) is 19.7 Å². The van der Waals surface area contributed by atoms with Crippen LogP contribution in [0, 0.1) is 0 Å². The zero-order chi connectivity index (χ0) is 17.1. The van der Waals surface area contributed by atoms with Crippen molar-refractivity contribution in [3.05, 3.63) is 59.9 Å². The van der Waals surface area contributed by atoms with Gasteiger partial charge in [-0.1, -0.05) is 12.1 Å². The van der Waals surface area contributed by atoms with Crippen LogP contribution < -0.4 is 4.74 Å². The van der Waals surface area contributed by atoms with Crippen LogP contribution in [0.2, 0.25) is 0 Å². The molecule has 1 amide bonds. The van der Waals surface area contributed by atoms with Crippen molar-refractivity contribution in [3.63, 3.8) is 0 Å². The Balaban J connectivity index is 1.70. The zero-order valence-corrected chi connectivity index (χ0v) is 13.9. The lowest BCUT2D eigenvalue weighted by atomic mass is 10.2. The Morgan fingerprint density at radius 3 is 2.54 bits per heavy atom. The molecule has 0 aliphatic carbocycles. The minimum Gasteiger partial charge on any atom is -0.486 e. The topological polar surface area (TPSA) is 56.6 Å². The summed E-state index contributed by atoms with van der Waals surface area (Å²) in [6.07, 6.45) is 0. The smallest absolute Gasteiger partial charge is 0.277 e. The van der Waals surface area contributed by atoms with Crippen molar-refractivity contribution in [1.82, 2.24) is 14.6 Å². The summed E-state index contributed by atoms with van der Waals surface area (Å²) in [5.74, 6) is 1.31. The minimum atomic E-state index is -0.209. The maximum Gasteiger partial charge on any atom is 0.277 e. The molecule has 0 saturated carbocycles. The summed E-state index contributed by atoms with van der Waals surface area (Å²) in [6, 6.07) is 14.9. The van der Waals surface area contributed by atoms with Gasteiger partial charge in [0.2, 0.25) is 0 Å². The van der Waals surface area contributed by atoms with Gasteiger partial charge in [-0.05, 0) is 36.4 Å². The van der Waals surface area contributed by atoms with Crippen LogP contribution in [0.25, 0.3) is 11.0 Å². The first-order chi connectivity index (χ1) is 11.6. The molecule has 0 aliphatic heterocycles. The third-order valence-electron chi connectivity index (χ3n) is 3.91. The Labute approximate surface area is 140 Å². The number of para-hydroxylation sites is 2. The number of amides is 1. The highest BCUT2D eigenvalue weighted by molar-refractivity contribution is 5.93. The fraction of sp³-hybridized carbons (Fsp3) is 0.222. The number of nitrogens with zero attached hydrogens (tertiary/aromatic N) is 3. The van der Waals surface area contributed by atoms with Crippen LogP contribution in [0.3, 0.4) is 0 Å². The molecule has 1 aromatic heterocycles. The molecular formula is C18H19N3O3. The first kappa shape index (κ1) is 16.0. The van der Waals surface area contributed by atoms with Crippen LogP contribution in [0.5, 0.6) is 5.75 Å². The molecule has 0 spiro atoms. The van der Waals surface area contributed by atoms with Crippen molar-refractivity contribution in [2.24, 2.45) is 7.05 Å². The molecule has 124 valence electrons. The van der Waals surface area contributed by atoms with Crippen LogP contribution in [-0.2, 0) is 18.5 Å². The molecule has 3 rings (SSSR count). The van der Waals surface area contributed by atoms with E-state index in [1.807, 2.05) is 35.9 Å². The van der Waals surface area contributed by atoms with Gasteiger partial charge in [0.1, 0.15) is 18.2 Å². The van der Waals surface area contributed by atoms with E-state index in [4.69, 9.17) is 9.57 Å². The molecule has 1 heterocycles. The van der Waals surface area contributed by atoms with Gasteiger partial charge in [0.15, 0.2) is 0 Å². The van der Waals surface area contributed by atoms with E-state index >= 15 is 0 Å². The third-order valence-corrected chi connectivity index (χ3v) is 3.91. The van der Waals surface area contributed by atoms with E-state index in [9.17, 15) is 4.79 Å². The molecule has 0 saturated heterocycles. The number of ether oxygens (including phenoxy) is 1. The third kappa shape index (κ3) is 3.09. The first-order valence-electron chi connectivity index (χ1n) is 7.55. The normalized spacial score (nSPS) is 10.8. The van der Waals surface area contributed by atoms with E-state index in [1.54, 1.807) is 31.3 Å².